The maximum Gasteiger partial charge on any atom is 0.326 e. The molecule has 0 saturated carbocycles. The number of esters is 1. The number of rotatable bonds is 2. The molecule has 0 aromatic heterocycles. The summed E-state index contributed by atoms with van der Waals surface area (Å²) >= 11 is 28.2. The maximum atomic E-state index is 10.9. The van der Waals surface area contributed by atoms with Gasteiger partial charge in [-0.3, -0.25) is 4.79 Å². The van der Waals surface area contributed by atoms with E-state index in [0.717, 1.165) is 0 Å². The third-order valence-corrected chi connectivity index (χ3v) is 3.35. The summed E-state index contributed by atoms with van der Waals surface area (Å²) in [6.07, 6.45) is 0. The number of halogens is 5. The van der Waals surface area contributed by atoms with Gasteiger partial charge in [0.25, 0.3) is 0 Å². The van der Waals surface area contributed by atoms with E-state index in [0.29, 0.717) is 0 Å². The first kappa shape index (κ1) is 13.2. The minimum absolute atomic E-state index is 0.0181. The number of alkyl halides is 1. The van der Waals surface area contributed by atoms with Gasteiger partial charge in [0.2, 0.25) is 0 Å². The zero-order chi connectivity index (χ0) is 11.6. The lowest BCUT2D eigenvalue weighted by Crippen LogP contribution is -2.09. The third-order valence-electron chi connectivity index (χ3n) is 1.40. The molecule has 0 aliphatic rings. The number of ether oxygens (including phenoxy) is 1. The second-order valence-electron chi connectivity index (χ2n) is 2.41. The van der Waals surface area contributed by atoms with Gasteiger partial charge in [-0.25, -0.2) is 0 Å². The number of carbonyl (C=O) groups excluding carboxylic acids is 1. The Balaban J connectivity index is 3.15. The molecule has 0 heterocycles. The Hall–Kier alpha value is 0.140. The average Bonchev–Trinajstić information content (AvgIpc) is 2.22. The number of benzene rings is 1. The Morgan fingerprint density at radius 1 is 1.13 bits per heavy atom. The van der Waals surface area contributed by atoms with Crippen molar-refractivity contribution < 1.29 is 9.53 Å². The zero-order valence-corrected chi connectivity index (χ0v) is 10.8. The lowest BCUT2D eigenvalue weighted by atomic mass is 10.3. The summed E-state index contributed by atoms with van der Waals surface area (Å²) < 4.78 is 4.78. The van der Waals surface area contributed by atoms with E-state index in [1.807, 2.05) is 0 Å². The first-order valence-electron chi connectivity index (χ1n) is 3.57. The molecule has 0 spiro atoms. The van der Waals surface area contributed by atoms with Gasteiger partial charge in [0.1, 0.15) is 10.9 Å². The maximum absolute atomic E-state index is 10.9. The van der Waals surface area contributed by atoms with Gasteiger partial charge in [0.05, 0.1) is 15.1 Å². The van der Waals surface area contributed by atoms with Crippen molar-refractivity contribution >= 4 is 64.0 Å². The second kappa shape index (κ2) is 5.46. The molecular weight excluding hydrogens is 305 g/mol. The highest BCUT2D eigenvalue weighted by molar-refractivity contribution is 6.52. The largest absolute Gasteiger partial charge is 0.424 e. The molecule has 0 fully saturated rings. The van der Waals surface area contributed by atoms with E-state index >= 15 is 0 Å². The van der Waals surface area contributed by atoms with Crippen LogP contribution in [0.2, 0.25) is 20.1 Å². The molecule has 1 rings (SSSR count). The number of hydrogen-bond donors (Lipinski definition) is 0. The second-order valence-corrected chi connectivity index (χ2v) is 4.21. The highest BCUT2D eigenvalue weighted by Gasteiger charge is 2.16. The van der Waals surface area contributed by atoms with Gasteiger partial charge < -0.3 is 4.74 Å². The summed E-state index contributed by atoms with van der Waals surface area (Å²) in [7, 11) is 0. The topological polar surface area (TPSA) is 26.3 Å². The Bertz CT molecular complexity index is 405. The van der Waals surface area contributed by atoms with Crippen LogP contribution in [0.25, 0.3) is 0 Å². The van der Waals surface area contributed by atoms with Crippen LogP contribution in [0, 0.1) is 0 Å². The minimum atomic E-state index is -0.659. The van der Waals surface area contributed by atoms with E-state index in [9.17, 15) is 4.79 Å². The third kappa shape index (κ3) is 3.05. The average molecular weight is 308 g/mol. The molecule has 0 saturated heterocycles. The molecule has 0 atom stereocenters. The van der Waals surface area contributed by atoms with Crippen molar-refractivity contribution in [1.82, 2.24) is 0 Å². The summed E-state index contributed by atoms with van der Waals surface area (Å²) in [5, 5.41) is 0.296. The molecule has 0 bridgehead atoms. The van der Waals surface area contributed by atoms with Crippen LogP contribution < -0.4 is 4.74 Å². The molecule has 2 nitrogen and oxygen atoms in total. The predicted molar refractivity (Wildman–Crippen MR) is 62.8 cm³/mol. The van der Waals surface area contributed by atoms with Crippen molar-refractivity contribution in [2.24, 2.45) is 0 Å². The van der Waals surface area contributed by atoms with Crippen LogP contribution in [-0.4, -0.2) is 11.8 Å². The molecule has 1 aromatic carbocycles. The predicted octanol–water partition coefficient (Wildman–Crippen LogP) is 4.44. The van der Waals surface area contributed by atoms with Crippen molar-refractivity contribution in [3.8, 4) is 5.75 Å². The fraction of sp³-hybridized carbons (Fsp3) is 0.125. The Morgan fingerprint density at radius 2 is 1.73 bits per heavy atom. The van der Waals surface area contributed by atoms with Crippen molar-refractivity contribution in [1.29, 1.82) is 0 Å². The van der Waals surface area contributed by atoms with Gasteiger partial charge in [0.15, 0.2) is 5.75 Å². The number of hydrogen-bond acceptors (Lipinski definition) is 2. The van der Waals surface area contributed by atoms with E-state index in [1.54, 1.807) is 0 Å². The van der Waals surface area contributed by atoms with Crippen molar-refractivity contribution in [2.75, 3.05) is 5.88 Å². The molecular formula is C8H3Cl5O2. The quantitative estimate of drug-likeness (QED) is 0.265. The van der Waals surface area contributed by atoms with Crippen LogP contribution in [0.3, 0.4) is 0 Å². The molecule has 0 radical (unpaired) electrons. The highest BCUT2D eigenvalue weighted by atomic mass is 35.5. The van der Waals surface area contributed by atoms with E-state index in [2.05, 4.69) is 0 Å². The fourth-order valence-electron chi connectivity index (χ4n) is 0.775. The fourth-order valence-corrected chi connectivity index (χ4v) is 1.65. The first-order chi connectivity index (χ1) is 6.97. The summed E-state index contributed by atoms with van der Waals surface area (Å²) in [4.78, 5) is 10.9. The molecule has 0 N–H and O–H groups in total. The standard InChI is InChI=1S/C8H3Cl5O2/c9-2-5(14)15-4-1-3(10)6(11)8(13)7(4)12/h1H,2H2. The van der Waals surface area contributed by atoms with Crippen molar-refractivity contribution in [3.05, 3.63) is 26.2 Å². The van der Waals surface area contributed by atoms with E-state index < -0.39 is 5.97 Å². The lowest BCUT2D eigenvalue weighted by molar-refractivity contribution is -0.131. The Kier molecular flexibility index (Phi) is 4.81. The van der Waals surface area contributed by atoms with E-state index in [1.165, 1.54) is 6.07 Å². The monoisotopic (exact) mass is 306 g/mol. The van der Waals surface area contributed by atoms with Gasteiger partial charge in [0, 0.05) is 6.07 Å². The Labute approximate surface area is 111 Å². The molecule has 7 heteroatoms. The molecule has 1 aromatic rings. The van der Waals surface area contributed by atoms with Crippen molar-refractivity contribution in [2.45, 2.75) is 0 Å². The van der Waals surface area contributed by atoms with Crippen LogP contribution in [0.15, 0.2) is 6.07 Å². The minimum Gasteiger partial charge on any atom is -0.424 e. The summed E-state index contributed by atoms with van der Waals surface area (Å²) in [6, 6.07) is 1.29. The van der Waals surface area contributed by atoms with Gasteiger partial charge in [-0.05, 0) is 0 Å². The van der Waals surface area contributed by atoms with Gasteiger partial charge >= 0.3 is 5.97 Å². The molecule has 0 aliphatic heterocycles. The van der Waals surface area contributed by atoms with Crippen LogP contribution in [0.5, 0.6) is 5.75 Å². The summed E-state index contributed by atoms with van der Waals surface area (Å²) in [5.74, 6) is -0.927. The molecule has 0 unspecified atom stereocenters. The summed E-state index contributed by atoms with van der Waals surface area (Å²) in [6.45, 7) is 0. The van der Waals surface area contributed by atoms with Crippen LogP contribution in [0.4, 0.5) is 0 Å². The van der Waals surface area contributed by atoms with Crippen LogP contribution in [0.1, 0.15) is 0 Å². The van der Waals surface area contributed by atoms with Gasteiger partial charge in [-0.1, -0.05) is 46.4 Å². The number of carbonyl (C=O) groups is 1. The highest BCUT2D eigenvalue weighted by Crippen LogP contribution is 2.41. The lowest BCUT2D eigenvalue weighted by Gasteiger charge is -2.08. The van der Waals surface area contributed by atoms with Crippen LogP contribution in [-0.2, 0) is 4.79 Å². The zero-order valence-electron chi connectivity index (χ0n) is 6.99. The smallest absolute Gasteiger partial charge is 0.326 e. The Morgan fingerprint density at radius 3 is 2.27 bits per heavy atom. The van der Waals surface area contributed by atoms with Crippen LogP contribution >= 0.6 is 58.0 Å². The summed E-state index contributed by atoms with van der Waals surface area (Å²) in [5.41, 5.74) is 0. The molecule has 15 heavy (non-hydrogen) atoms. The molecule has 0 amide bonds. The molecule has 0 aliphatic carbocycles. The molecule has 82 valence electrons. The van der Waals surface area contributed by atoms with Crippen molar-refractivity contribution in [3.63, 3.8) is 0 Å². The van der Waals surface area contributed by atoms with Gasteiger partial charge in [-0.2, -0.15) is 0 Å². The normalized spacial score (nSPS) is 10.2. The SMILES string of the molecule is O=C(CCl)Oc1cc(Cl)c(Cl)c(Cl)c1Cl. The first-order valence-corrected chi connectivity index (χ1v) is 5.61. The van der Waals surface area contributed by atoms with E-state index in [-0.39, 0.29) is 31.7 Å². The van der Waals surface area contributed by atoms with Gasteiger partial charge in [-0.15, -0.1) is 11.6 Å². The van der Waals surface area contributed by atoms with E-state index in [4.69, 9.17) is 62.7 Å².